The summed E-state index contributed by atoms with van der Waals surface area (Å²) >= 11 is 0. The molecule has 0 saturated carbocycles. The van der Waals surface area contributed by atoms with Gasteiger partial charge in [0.25, 0.3) is 0 Å². The first-order valence-electron chi connectivity index (χ1n) is 6.64. The highest BCUT2D eigenvalue weighted by Gasteiger charge is 2.46. The van der Waals surface area contributed by atoms with E-state index in [1.165, 1.54) is 4.90 Å². The molecule has 0 bridgehead atoms. The summed E-state index contributed by atoms with van der Waals surface area (Å²) in [6, 6.07) is 7.09. The summed E-state index contributed by atoms with van der Waals surface area (Å²) in [5, 5.41) is 19.4. The number of rotatable bonds is 2. The van der Waals surface area contributed by atoms with E-state index in [1.807, 2.05) is 20.8 Å². The molecule has 0 unspecified atom stereocenters. The minimum absolute atomic E-state index is 0.0251. The second-order valence-electron chi connectivity index (χ2n) is 6.22. The Morgan fingerprint density at radius 1 is 1.30 bits per heavy atom. The van der Waals surface area contributed by atoms with Crippen molar-refractivity contribution >= 4 is 6.09 Å². The molecule has 1 aliphatic rings. The standard InChI is InChI=1S/C15H21NO4/c1-14(2,3)20-13(18)16-9-15(19,10-16)12-6-4-11(8-17)5-7-12/h4-7,17,19H,8-10H2,1-3H3. The average molecular weight is 279 g/mol. The van der Waals surface area contributed by atoms with Crippen LogP contribution in [0, 0.1) is 0 Å². The van der Waals surface area contributed by atoms with Gasteiger partial charge in [0, 0.05) is 0 Å². The van der Waals surface area contributed by atoms with Gasteiger partial charge >= 0.3 is 6.09 Å². The van der Waals surface area contributed by atoms with Crippen LogP contribution < -0.4 is 0 Å². The number of ether oxygens (including phenoxy) is 1. The van der Waals surface area contributed by atoms with Gasteiger partial charge < -0.3 is 19.8 Å². The maximum absolute atomic E-state index is 11.8. The summed E-state index contributed by atoms with van der Waals surface area (Å²) in [6.07, 6.45) is -0.408. The minimum atomic E-state index is -1.02. The fourth-order valence-electron chi connectivity index (χ4n) is 2.14. The topological polar surface area (TPSA) is 70.0 Å². The van der Waals surface area contributed by atoms with Crippen LogP contribution in [0.15, 0.2) is 24.3 Å². The van der Waals surface area contributed by atoms with Gasteiger partial charge in [-0.3, -0.25) is 0 Å². The molecule has 5 heteroatoms. The molecule has 2 N–H and O–H groups in total. The molecule has 1 fully saturated rings. The Hall–Kier alpha value is -1.59. The number of aliphatic hydroxyl groups excluding tert-OH is 1. The zero-order valence-electron chi connectivity index (χ0n) is 12.1. The molecule has 1 aromatic carbocycles. The average Bonchev–Trinajstić information content (AvgIpc) is 2.33. The highest BCUT2D eigenvalue weighted by atomic mass is 16.6. The predicted octanol–water partition coefficient (Wildman–Crippen LogP) is 1.62. The number of likely N-dealkylation sites (tertiary alicyclic amines) is 1. The van der Waals surface area contributed by atoms with Crippen molar-refractivity contribution in [1.82, 2.24) is 4.90 Å². The summed E-state index contributed by atoms with van der Waals surface area (Å²) in [5.41, 5.74) is -0.0199. The third kappa shape index (κ3) is 3.11. The van der Waals surface area contributed by atoms with Crippen molar-refractivity contribution < 1.29 is 19.7 Å². The number of amides is 1. The van der Waals surface area contributed by atoms with Crippen LogP contribution in [0.4, 0.5) is 4.79 Å². The van der Waals surface area contributed by atoms with Gasteiger partial charge in [0.1, 0.15) is 11.2 Å². The third-order valence-electron chi connectivity index (χ3n) is 3.23. The Labute approximate surface area is 118 Å². The first kappa shape index (κ1) is 14.8. The van der Waals surface area contributed by atoms with Crippen molar-refractivity contribution in [2.45, 2.75) is 38.6 Å². The van der Waals surface area contributed by atoms with E-state index in [9.17, 15) is 9.90 Å². The minimum Gasteiger partial charge on any atom is -0.444 e. The van der Waals surface area contributed by atoms with Crippen molar-refractivity contribution in [3.8, 4) is 0 Å². The lowest BCUT2D eigenvalue weighted by molar-refractivity contribution is -0.103. The molecule has 0 aliphatic carbocycles. The molecule has 5 nitrogen and oxygen atoms in total. The highest BCUT2D eigenvalue weighted by molar-refractivity contribution is 5.70. The number of hydrogen-bond acceptors (Lipinski definition) is 4. The molecule has 110 valence electrons. The third-order valence-corrected chi connectivity index (χ3v) is 3.23. The van der Waals surface area contributed by atoms with E-state index in [1.54, 1.807) is 24.3 Å². The van der Waals surface area contributed by atoms with E-state index in [-0.39, 0.29) is 19.7 Å². The normalized spacial score (nSPS) is 17.6. The van der Waals surface area contributed by atoms with Gasteiger partial charge in [0.2, 0.25) is 0 Å². The number of benzene rings is 1. The zero-order valence-corrected chi connectivity index (χ0v) is 12.1. The van der Waals surface area contributed by atoms with Crippen LogP contribution in [0.5, 0.6) is 0 Å². The second kappa shape index (κ2) is 5.07. The van der Waals surface area contributed by atoms with Gasteiger partial charge in [-0.05, 0) is 31.9 Å². The Kier molecular flexibility index (Phi) is 3.75. The van der Waals surface area contributed by atoms with Gasteiger partial charge in [-0.15, -0.1) is 0 Å². The van der Waals surface area contributed by atoms with E-state index in [2.05, 4.69) is 0 Å². The van der Waals surface area contributed by atoms with Crippen LogP contribution in [0.25, 0.3) is 0 Å². The molecule has 1 aliphatic heterocycles. The molecule has 2 rings (SSSR count). The molecule has 1 aromatic rings. The number of carbonyl (C=O) groups is 1. The number of carbonyl (C=O) groups excluding carboxylic acids is 1. The van der Waals surface area contributed by atoms with Gasteiger partial charge in [0.15, 0.2) is 0 Å². The first-order valence-corrected chi connectivity index (χ1v) is 6.64. The molecule has 1 amide bonds. The number of hydrogen-bond donors (Lipinski definition) is 2. The summed E-state index contributed by atoms with van der Waals surface area (Å²) in [6.45, 7) is 5.85. The lowest BCUT2D eigenvalue weighted by Crippen LogP contribution is -2.61. The van der Waals surface area contributed by atoms with Gasteiger partial charge in [-0.1, -0.05) is 24.3 Å². The lowest BCUT2D eigenvalue weighted by Gasteiger charge is -2.46. The summed E-state index contributed by atoms with van der Waals surface area (Å²) in [7, 11) is 0. The number of β-amino-alcohol motifs (C(OH)–C–C–N with tert-alkyl or cyclic N) is 1. The second-order valence-corrected chi connectivity index (χ2v) is 6.22. The van der Waals surface area contributed by atoms with Gasteiger partial charge in [0.05, 0.1) is 19.7 Å². The SMILES string of the molecule is CC(C)(C)OC(=O)N1CC(O)(c2ccc(CO)cc2)C1. The monoisotopic (exact) mass is 279 g/mol. The quantitative estimate of drug-likeness (QED) is 0.863. The predicted molar refractivity (Wildman–Crippen MR) is 74.1 cm³/mol. The van der Waals surface area contributed by atoms with Crippen LogP contribution in [0.2, 0.25) is 0 Å². The molecule has 0 aromatic heterocycles. The van der Waals surface area contributed by atoms with Gasteiger partial charge in [-0.25, -0.2) is 4.79 Å². The molecule has 0 atom stereocenters. The Morgan fingerprint density at radius 2 is 1.85 bits per heavy atom. The van der Waals surface area contributed by atoms with E-state index >= 15 is 0 Å². The van der Waals surface area contributed by atoms with Crippen molar-refractivity contribution in [2.75, 3.05) is 13.1 Å². The fraction of sp³-hybridized carbons (Fsp3) is 0.533. The van der Waals surface area contributed by atoms with Crippen LogP contribution in [-0.4, -0.2) is 39.9 Å². The Balaban J connectivity index is 1.98. The largest absolute Gasteiger partial charge is 0.444 e. The van der Waals surface area contributed by atoms with Crippen LogP contribution in [0.3, 0.4) is 0 Å². The highest BCUT2D eigenvalue weighted by Crippen LogP contribution is 2.33. The maximum atomic E-state index is 11.8. The Morgan fingerprint density at radius 3 is 2.30 bits per heavy atom. The van der Waals surface area contributed by atoms with Crippen LogP contribution in [0.1, 0.15) is 31.9 Å². The summed E-state index contributed by atoms with van der Waals surface area (Å²) in [5.74, 6) is 0. The molecule has 0 radical (unpaired) electrons. The zero-order chi connectivity index (χ0) is 15.0. The van der Waals surface area contributed by atoms with Crippen molar-refractivity contribution in [1.29, 1.82) is 0 Å². The van der Waals surface area contributed by atoms with Crippen molar-refractivity contribution in [2.24, 2.45) is 0 Å². The molecule has 1 saturated heterocycles. The van der Waals surface area contributed by atoms with Crippen molar-refractivity contribution in [3.63, 3.8) is 0 Å². The maximum Gasteiger partial charge on any atom is 0.410 e. The first-order chi connectivity index (χ1) is 9.23. The molecule has 20 heavy (non-hydrogen) atoms. The van der Waals surface area contributed by atoms with Gasteiger partial charge in [-0.2, -0.15) is 0 Å². The van der Waals surface area contributed by atoms with Crippen molar-refractivity contribution in [3.05, 3.63) is 35.4 Å². The summed E-state index contributed by atoms with van der Waals surface area (Å²) < 4.78 is 5.25. The molecular weight excluding hydrogens is 258 g/mol. The smallest absolute Gasteiger partial charge is 0.410 e. The lowest BCUT2D eigenvalue weighted by atomic mass is 9.86. The summed E-state index contributed by atoms with van der Waals surface area (Å²) in [4.78, 5) is 13.3. The molecule has 0 spiro atoms. The molecular formula is C15H21NO4. The van der Waals surface area contributed by atoms with Crippen LogP contribution >= 0.6 is 0 Å². The van der Waals surface area contributed by atoms with Crippen LogP contribution in [-0.2, 0) is 16.9 Å². The fourth-order valence-corrected chi connectivity index (χ4v) is 2.14. The Bertz CT molecular complexity index is 484. The number of nitrogens with zero attached hydrogens (tertiary/aromatic N) is 1. The number of aliphatic hydroxyl groups is 2. The van der Waals surface area contributed by atoms with E-state index in [0.717, 1.165) is 11.1 Å². The molecule has 1 heterocycles. The van der Waals surface area contributed by atoms with E-state index < -0.39 is 17.3 Å². The van der Waals surface area contributed by atoms with E-state index in [0.29, 0.717) is 0 Å². The van der Waals surface area contributed by atoms with E-state index in [4.69, 9.17) is 9.84 Å².